The van der Waals surface area contributed by atoms with Gasteiger partial charge in [-0.05, 0) is 37.5 Å². The number of aromatic nitrogens is 3. The number of rotatable bonds is 4. The molecule has 2 aromatic heterocycles. The van der Waals surface area contributed by atoms with E-state index in [1.807, 2.05) is 19.1 Å². The Labute approximate surface area is 170 Å². The zero-order valence-electron chi connectivity index (χ0n) is 15.8. The molecule has 4 aromatic rings. The van der Waals surface area contributed by atoms with E-state index in [-0.39, 0.29) is 11.9 Å². The van der Waals surface area contributed by atoms with E-state index < -0.39 is 11.9 Å². The van der Waals surface area contributed by atoms with Crippen molar-refractivity contribution in [3.63, 3.8) is 0 Å². The van der Waals surface area contributed by atoms with Gasteiger partial charge >= 0.3 is 0 Å². The van der Waals surface area contributed by atoms with E-state index >= 15 is 0 Å². The number of thiazole rings is 1. The van der Waals surface area contributed by atoms with Crippen LogP contribution in [0.3, 0.4) is 0 Å². The normalized spacial score (nSPS) is 18.8. The number of hydrogen-bond acceptors (Lipinski definition) is 7. The molecule has 2 aromatic carbocycles. The lowest BCUT2D eigenvalue weighted by atomic mass is 9.92. The molecule has 1 aliphatic rings. The summed E-state index contributed by atoms with van der Waals surface area (Å²) in [5, 5.41) is 10.4. The molecule has 5 rings (SSSR count). The highest BCUT2D eigenvalue weighted by Gasteiger charge is 2.31. The smallest absolute Gasteiger partial charge is 0.232 e. The minimum absolute atomic E-state index is 0.148. The van der Waals surface area contributed by atoms with Gasteiger partial charge in [0, 0.05) is 17.7 Å². The molecule has 1 N–H and O–H groups in total. The molecule has 1 aliphatic carbocycles. The van der Waals surface area contributed by atoms with Crippen molar-refractivity contribution in [2.24, 2.45) is 0 Å². The van der Waals surface area contributed by atoms with E-state index in [0.717, 1.165) is 27.3 Å². The molecular weight excluding hydrogens is 393 g/mol. The highest BCUT2D eigenvalue weighted by molar-refractivity contribution is 7.21. The summed E-state index contributed by atoms with van der Waals surface area (Å²) in [4.78, 5) is 13.6. The molecule has 2 atom stereocenters. The number of halogens is 1. The van der Waals surface area contributed by atoms with Crippen molar-refractivity contribution in [2.75, 3.05) is 7.11 Å². The fraction of sp³-hybridized carbons (Fsp3) is 0.286. The predicted molar refractivity (Wildman–Crippen MR) is 109 cm³/mol. The molecule has 0 bridgehead atoms. The summed E-state index contributed by atoms with van der Waals surface area (Å²) in [5.74, 6) is 0.113. The van der Waals surface area contributed by atoms with Gasteiger partial charge in [0.1, 0.15) is 11.1 Å². The predicted octanol–water partition coefficient (Wildman–Crippen LogP) is 4.26. The molecule has 148 valence electrons. The van der Waals surface area contributed by atoms with Gasteiger partial charge < -0.3 is 14.6 Å². The van der Waals surface area contributed by atoms with Crippen LogP contribution >= 0.6 is 11.3 Å². The summed E-state index contributed by atoms with van der Waals surface area (Å²) < 4.78 is 26.1. The number of nitrogens with zero attached hydrogens (tertiary/aromatic N) is 3. The van der Waals surface area contributed by atoms with E-state index in [1.54, 1.807) is 19.4 Å². The first kappa shape index (κ1) is 18.2. The molecule has 0 spiro atoms. The number of benzene rings is 2. The van der Waals surface area contributed by atoms with Crippen LogP contribution in [-0.2, 0) is 0 Å². The quantitative estimate of drug-likeness (QED) is 0.541. The van der Waals surface area contributed by atoms with E-state index in [2.05, 4.69) is 15.0 Å². The molecule has 0 aliphatic heterocycles. The molecule has 8 heteroatoms. The lowest BCUT2D eigenvalue weighted by molar-refractivity contribution is -0.0376. The third kappa shape index (κ3) is 3.18. The fourth-order valence-corrected chi connectivity index (χ4v) is 4.39. The molecule has 0 unspecified atom stereocenters. The Bertz CT molecular complexity index is 1240. The maximum Gasteiger partial charge on any atom is 0.232 e. The van der Waals surface area contributed by atoms with Crippen molar-refractivity contribution in [3.05, 3.63) is 41.8 Å². The first-order chi connectivity index (χ1) is 14.0. The molecule has 1 fully saturated rings. The molecule has 1 saturated carbocycles. The Kier molecular flexibility index (Phi) is 4.33. The Balaban J connectivity index is 1.60. The molecule has 0 saturated heterocycles. The molecular formula is C21H18FN3O3S. The van der Waals surface area contributed by atoms with E-state index in [4.69, 9.17) is 9.47 Å². The van der Waals surface area contributed by atoms with Gasteiger partial charge in [-0.3, -0.25) is 0 Å². The van der Waals surface area contributed by atoms with Crippen molar-refractivity contribution in [3.8, 4) is 22.2 Å². The van der Waals surface area contributed by atoms with Crippen LogP contribution in [-0.4, -0.2) is 39.4 Å². The molecule has 0 amide bonds. The standard InChI is InChI=1S/C21H18FN3O3S/c1-10-5-11(20-14(6-10)24-19(27-2)9-23-20)21-25-13-7-12(22)17(8-18(13)29-21)28-16-4-3-15(16)26/h5-9,15-16,26H,3-4H2,1-2H3/t15-,16+/m0/s1. The van der Waals surface area contributed by atoms with Gasteiger partial charge in [-0.15, -0.1) is 11.3 Å². The topological polar surface area (TPSA) is 77.4 Å². The van der Waals surface area contributed by atoms with Crippen LogP contribution in [0.5, 0.6) is 11.6 Å². The zero-order chi connectivity index (χ0) is 20.1. The van der Waals surface area contributed by atoms with Gasteiger partial charge in [-0.25, -0.2) is 19.3 Å². The molecule has 0 radical (unpaired) electrons. The SMILES string of the molecule is COc1cnc2c(-c3nc4cc(F)c(O[C@@H]5CC[C@@H]5O)cc4s3)cc(C)cc2n1. The van der Waals surface area contributed by atoms with Crippen LogP contribution in [0.1, 0.15) is 18.4 Å². The minimum atomic E-state index is -0.531. The largest absolute Gasteiger partial charge is 0.485 e. The Hall–Kier alpha value is -2.84. The molecule has 2 heterocycles. The number of hydrogen-bond donors (Lipinski definition) is 1. The lowest BCUT2D eigenvalue weighted by Gasteiger charge is -2.32. The molecule has 29 heavy (non-hydrogen) atoms. The number of aryl methyl sites for hydroxylation is 1. The van der Waals surface area contributed by atoms with Crippen LogP contribution < -0.4 is 9.47 Å². The summed E-state index contributed by atoms with van der Waals surface area (Å²) in [6.45, 7) is 1.98. The highest BCUT2D eigenvalue weighted by atomic mass is 32.1. The summed E-state index contributed by atoms with van der Waals surface area (Å²) >= 11 is 1.44. The summed E-state index contributed by atoms with van der Waals surface area (Å²) in [6.07, 6.45) is 2.11. The highest BCUT2D eigenvalue weighted by Crippen LogP contribution is 2.38. The van der Waals surface area contributed by atoms with E-state index in [0.29, 0.717) is 28.9 Å². The van der Waals surface area contributed by atoms with Crippen molar-refractivity contribution < 1.29 is 19.0 Å². The van der Waals surface area contributed by atoms with Crippen LogP contribution in [0.25, 0.3) is 31.8 Å². The van der Waals surface area contributed by atoms with Crippen LogP contribution in [0.2, 0.25) is 0 Å². The summed E-state index contributed by atoms with van der Waals surface area (Å²) in [5.41, 5.74) is 3.84. The lowest BCUT2D eigenvalue weighted by Crippen LogP contribution is -2.41. The Morgan fingerprint density at radius 2 is 2.00 bits per heavy atom. The fourth-order valence-electron chi connectivity index (χ4n) is 3.40. The summed E-state index contributed by atoms with van der Waals surface area (Å²) in [6, 6.07) is 6.98. The maximum absolute atomic E-state index is 14.5. The van der Waals surface area contributed by atoms with Gasteiger partial charge in [-0.2, -0.15) is 0 Å². The van der Waals surface area contributed by atoms with Gasteiger partial charge in [0.25, 0.3) is 0 Å². The summed E-state index contributed by atoms with van der Waals surface area (Å²) in [7, 11) is 1.55. The van der Waals surface area contributed by atoms with E-state index in [1.165, 1.54) is 17.4 Å². The minimum Gasteiger partial charge on any atom is -0.485 e. The van der Waals surface area contributed by atoms with Crippen LogP contribution in [0, 0.1) is 12.7 Å². The average Bonchev–Trinajstić information content (AvgIpc) is 3.12. The van der Waals surface area contributed by atoms with Crippen molar-refractivity contribution >= 4 is 32.6 Å². The third-order valence-electron chi connectivity index (χ3n) is 5.10. The number of fused-ring (bicyclic) bond motifs is 2. The zero-order valence-corrected chi connectivity index (χ0v) is 16.7. The number of ether oxygens (including phenoxy) is 2. The van der Waals surface area contributed by atoms with Crippen molar-refractivity contribution in [1.82, 2.24) is 15.0 Å². The third-order valence-corrected chi connectivity index (χ3v) is 6.16. The van der Waals surface area contributed by atoms with Crippen LogP contribution in [0.4, 0.5) is 4.39 Å². The number of methoxy groups -OCH3 is 1. The second-order valence-corrected chi connectivity index (χ2v) is 8.19. The van der Waals surface area contributed by atoms with Crippen molar-refractivity contribution in [2.45, 2.75) is 32.0 Å². The van der Waals surface area contributed by atoms with Gasteiger partial charge in [-0.1, -0.05) is 0 Å². The second-order valence-electron chi connectivity index (χ2n) is 7.16. The van der Waals surface area contributed by atoms with Gasteiger partial charge in [0.2, 0.25) is 5.88 Å². The first-order valence-electron chi connectivity index (χ1n) is 9.28. The molecule has 6 nitrogen and oxygen atoms in total. The van der Waals surface area contributed by atoms with Gasteiger partial charge in [0.15, 0.2) is 11.6 Å². The maximum atomic E-state index is 14.5. The van der Waals surface area contributed by atoms with Crippen LogP contribution in [0.15, 0.2) is 30.5 Å². The number of aliphatic hydroxyl groups is 1. The second kappa shape index (κ2) is 6.89. The number of aliphatic hydroxyl groups excluding tert-OH is 1. The Morgan fingerprint density at radius 3 is 2.72 bits per heavy atom. The van der Waals surface area contributed by atoms with E-state index in [9.17, 15) is 9.50 Å². The average molecular weight is 411 g/mol. The Morgan fingerprint density at radius 1 is 1.14 bits per heavy atom. The van der Waals surface area contributed by atoms with Crippen molar-refractivity contribution in [1.29, 1.82) is 0 Å². The first-order valence-corrected chi connectivity index (χ1v) is 10.1. The van der Waals surface area contributed by atoms with Gasteiger partial charge in [0.05, 0.1) is 40.7 Å². The monoisotopic (exact) mass is 411 g/mol.